The van der Waals surface area contributed by atoms with Crippen LogP contribution < -0.4 is 5.73 Å². The molecule has 16 heavy (non-hydrogen) atoms. The molecule has 4 nitrogen and oxygen atoms in total. The lowest BCUT2D eigenvalue weighted by Gasteiger charge is -2.18. The van der Waals surface area contributed by atoms with E-state index in [1.54, 1.807) is 7.05 Å². The van der Waals surface area contributed by atoms with Crippen molar-refractivity contribution in [2.24, 2.45) is 7.05 Å². The zero-order valence-corrected chi connectivity index (χ0v) is 8.88. The van der Waals surface area contributed by atoms with Gasteiger partial charge in [0.2, 0.25) is 0 Å². The number of alkyl halides is 3. The first-order chi connectivity index (χ1) is 7.20. The number of hydrogen-bond acceptors (Lipinski definition) is 2. The van der Waals surface area contributed by atoms with Crippen LogP contribution in [-0.4, -0.2) is 35.1 Å². The summed E-state index contributed by atoms with van der Waals surface area (Å²) >= 11 is 0. The highest BCUT2D eigenvalue weighted by Crippen LogP contribution is 2.18. The second-order valence-corrected chi connectivity index (χ2v) is 3.55. The third kappa shape index (κ3) is 2.91. The van der Waals surface area contributed by atoms with Gasteiger partial charge in [-0.1, -0.05) is 0 Å². The summed E-state index contributed by atoms with van der Waals surface area (Å²) in [5.74, 6) is -0.712. The molecule has 2 N–H and O–H groups in total. The molecule has 0 aromatic carbocycles. The van der Waals surface area contributed by atoms with Crippen LogP contribution in [0.4, 0.5) is 18.9 Å². The number of halogens is 3. The molecule has 0 aliphatic heterocycles. The predicted octanol–water partition coefficient (Wildman–Crippen LogP) is 1.24. The summed E-state index contributed by atoms with van der Waals surface area (Å²) in [6.45, 7) is -1.28. The molecule has 1 amide bonds. The Morgan fingerprint density at radius 2 is 2.12 bits per heavy atom. The Morgan fingerprint density at radius 1 is 1.56 bits per heavy atom. The van der Waals surface area contributed by atoms with Gasteiger partial charge < -0.3 is 15.2 Å². The van der Waals surface area contributed by atoms with Gasteiger partial charge in [-0.2, -0.15) is 13.2 Å². The summed E-state index contributed by atoms with van der Waals surface area (Å²) in [7, 11) is 2.64. The van der Waals surface area contributed by atoms with Crippen molar-refractivity contribution in [3.63, 3.8) is 0 Å². The standard InChI is InChI=1S/C9H12F3N3O/c1-14-4-6(13)3-7(14)8(16)15(2)5-9(10,11)12/h3-4H,5,13H2,1-2H3. The Hall–Kier alpha value is -1.66. The van der Waals surface area contributed by atoms with Gasteiger partial charge in [-0.25, -0.2) is 0 Å². The minimum Gasteiger partial charge on any atom is -0.397 e. The van der Waals surface area contributed by atoms with Crippen LogP contribution in [0.1, 0.15) is 10.5 Å². The molecular formula is C9H12F3N3O. The van der Waals surface area contributed by atoms with Crippen molar-refractivity contribution in [3.05, 3.63) is 18.0 Å². The molecule has 0 aliphatic carbocycles. The molecule has 0 saturated carbocycles. The minimum atomic E-state index is -4.40. The Labute approximate surface area is 90.4 Å². The SMILES string of the molecule is CN(CC(F)(F)F)C(=O)c1cc(N)cn1C. The molecule has 0 saturated heterocycles. The Kier molecular flexibility index (Phi) is 3.16. The molecule has 7 heteroatoms. The molecule has 1 aromatic heterocycles. The van der Waals surface area contributed by atoms with E-state index in [2.05, 4.69) is 0 Å². The molecule has 1 heterocycles. The molecule has 0 spiro atoms. The highest BCUT2D eigenvalue weighted by Gasteiger charge is 2.32. The van der Waals surface area contributed by atoms with Crippen LogP contribution in [0.3, 0.4) is 0 Å². The van der Waals surface area contributed by atoms with Crippen LogP contribution in [0.5, 0.6) is 0 Å². The highest BCUT2D eigenvalue weighted by atomic mass is 19.4. The van der Waals surface area contributed by atoms with Gasteiger partial charge >= 0.3 is 6.18 Å². The van der Waals surface area contributed by atoms with Crippen molar-refractivity contribution in [2.45, 2.75) is 6.18 Å². The van der Waals surface area contributed by atoms with Crippen molar-refractivity contribution in [1.29, 1.82) is 0 Å². The molecule has 1 aromatic rings. The normalized spacial score (nSPS) is 11.6. The Bertz CT molecular complexity index is 397. The zero-order valence-electron chi connectivity index (χ0n) is 8.88. The highest BCUT2D eigenvalue weighted by molar-refractivity contribution is 5.93. The van der Waals surface area contributed by atoms with Crippen molar-refractivity contribution in [2.75, 3.05) is 19.3 Å². The molecular weight excluding hydrogens is 223 g/mol. The van der Waals surface area contributed by atoms with Crippen molar-refractivity contribution >= 4 is 11.6 Å². The number of rotatable bonds is 2. The van der Waals surface area contributed by atoms with E-state index in [4.69, 9.17) is 5.73 Å². The number of carbonyl (C=O) groups is 1. The number of aromatic nitrogens is 1. The first-order valence-corrected chi connectivity index (χ1v) is 4.45. The summed E-state index contributed by atoms with van der Waals surface area (Å²) < 4.78 is 37.6. The molecule has 0 aliphatic rings. The second kappa shape index (κ2) is 4.07. The lowest BCUT2D eigenvalue weighted by molar-refractivity contribution is -0.138. The summed E-state index contributed by atoms with van der Waals surface area (Å²) in [5, 5.41) is 0. The predicted molar refractivity (Wildman–Crippen MR) is 52.8 cm³/mol. The number of nitrogen functional groups attached to an aromatic ring is 1. The van der Waals surface area contributed by atoms with Gasteiger partial charge in [0.25, 0.3) is 5.91 Å². The summed E-state index contributed by atoms with van der Waals surface area (Å²) in [5.41, 5.74) is 5.90. The van der Waals surface area contributed by atoms with E-state index in [9.17, 15) is 18.0 Å². The van der Waals surface area contributed by atoms with Crippen LogP contribution in [0.2, 0.25) is 0 Å². The van der Waals surface area contributed by atoms with Crippen LogP contribution in [0.25, 0.3) is 0 Å². The summed E-state index contributed by atoms with van der Waals surface area (Å²) in [6.07, 6.45) is -2.93. The van der Waals surface area contributed by atoms with Gasteiger partial charge in [-0.3, -0.25) is 4.79 Å². The molecule has 1 rings (SSSR count). The van der Waals surface area contributed by atoms with Crippen LogP contribution >= 0.6 is 0 Å². The van der Waals surface area contributed by atoms with E-state index in [1.165, 1.54) is 16.8 Å². The summed E-state index contributed by atoms with van der Waals surface area (Å²) in [6, 6.07) is 1.34. The fourth-order valence-electron chi connectivity index (χ4n) is 1.34. The maximum absolute atomic E-state index is 12.1. The molecule has 0 unspecified atom stereocenters. The monoisotopic (exact) mass is 235 g/mol. The molecule has 0 bridgehead atoms. The van der Waals surface area contributed by atoms with Crippen molar-refractivity contribution < 1.29 is 18.0 Å². The first-order valence-electron chi connectivity index (χ1n) is 4.45. The molecule has 90 valence electrons. The van der Waals surface area contributed by atoms with E-state index >= 15 is 0 Å². The Balaban J connectivity index is 2.82. The molecule has 0 atom stereocenters. The quantitative estimate of drug-likeness (QED) is 0.838. The maximum atomic E-state index is 12.1. The van der Waals surface area contributed by atoms with Gasteiger partial charge in [0, 0.05) is 20.3 Å². The Morgan fingerprint density at radius 3 is 2.50 bits per heavy atom. The number of hydrogen-bond donors (Lipinski definition) is 1. The van der Waals surface area contributed by atoms with Gasteiger partial charge in [0.1, 0.15) is 12.2 Å². The number of carbonyl (C=O) groups excluding carboxylic acids is 1. The van der Waals surface area contributed by atoms with E-state index < -0.39 is 18.6 Å². The van der Waals surface area contributed by atoms with Crippen molar-refractivity contribution in [1.82, 2.24) is 9.47 Å². The van der Waals surface area contributed by atoms with Gasteiger partial charge in [0.05, 0.1) is 5.69 Å². The average molecular weight is 235 g/mol. The number of amides is 1. The first kappa shape index (κ1) is 12.4. The van der Waals surface area contributed by atoms with E-state index in [1.807, 2.05) is 0 Å². The van der Waals surface area contributed by atoms with Crippen LogP contribution in [0, 0.1) is 0 Å². The zero-order chi connectivity index (χ0) is 12.5. The molecule has 0 radical (unpaired) electrons. The van der Waals surface area contributed by atoms with Gasteiger partial charge in [-0.05, 0) is 6.07 Å². The lowest BCUT2D eigenvalue weighted by Crippen LogP contribution is -2.36. The number of nitrogens with two attached hydrogens (primary N) is 1. The third-order valence-electron chi connectivity index (χ3n) is 2.01. The second-order valence-electron chi connectivity index (χ2n) is 3.55. The van der Waals surface area contributed by atoms with Crippen LogP contribution in [-0.2, 0) is 7.05 Å². The van der Waals surface area contributed by atoms with Crippen LogP contribution in [0.15, 0.2) is 12.3 Å². The minimum absolute atomic E-state index is 0.129. The lowest BCUT2D eigenvalue weighted by atomic mass is 10.3. The van der Waals surface area contributed by atoms with Crippen molar-refractivity contribution in [3.8, 4) is 0 Å². The number of anilines is 1. The molecule has 0 fully saturated rings. The third-order valence-corrected chi connectivity index (χ3v) is 2.01. The number of nitrogens with zero attached hydrogens (tertiary/aromatic N) is 2. The van der Waals surface area contributed by atoms with E-state index in [0.717, 1.165) is 7.05 Å². The topological polar surface area (TPSA) is 51.3 Å². The van der Waals surface area contributed by atoms with E-state index in [0.29, 0.717) is 10.6 Å². The average Bonchev–Trinajstić information content (AvgIpc) is 2.41. The fourth-order valence-corrected chi connectivity index (χ4v) is 1.34. The van der Waals surface area contributed by atoms with Gasteiger partial charge in [-0.15, -0.1) is 0 Å². The largest absolute Gasteiger partial charge is 0.406 e. The summed E-state index contributed by atoms with van der Waals surface area (Å²) in [4.78, 5) is 12.2. The number of aryl methyl sites for hydroxylation is 1. The fraction of sp³-hybridized carbons (Fsp3) is 0.444. The van der Waals surface area contributed by atoms with Gasteiger partial charge in [0.15, 0.2) is 0 Å². The maximum Gasteiger partial charge on any atom is 0.406 e. The van der Waals surface area contributed by atoms with E-state index in [-0.39, 0.29) is 5.69 Å². The smallest absolute Gasteiger partial charge is 0.397 e.